The van der Waals surface area contributed by atoms with Gasteiger partial charge in [0.2, 0.25) is 0 Å². The first-order chi connectivity index (χ1) is 11.3. The summed E-state index contributed by atoms with van der Waals surface area (Å²) in [5.41, 5.74) is 1.14. The van der Waals surface area contributed by atoms with Crippen LogP contribution in [0.15, 0.2) is 35.3 Å². The lowest BCUT2D eigenvalue weighted by Gasteiger charge is -2.24. The van der Waals surface area contributed by atoms with E-state index < -0.39 is 0 Å². The van der Waals surface area contributed by atoms with Crippen molar-refractivity contribution in [2.75, 3.05) is 39.8 Å². The molecular weight excluding hydrogens is 288 g/mol. The number of aliphatic hydroxyl groups is 1. The number of likely N-dealkylation sites (tertiary alicyclic amines) is 1. The summed E-state index contributed by atoms with van der Waals surface area (Å²) in [5, 5.41) is 16.4. The number of benzene rings is 1. The molecule has 0 aromatic heterocycles. The number of hydrogen-bond acceptors (Lipinski definition) is 3. The number of nitrogens with one attached hydrogen (secondary N) is 2. The summed E-state index contributed by atoms with van der Waals surface area (Å²) in [4.78, 5) is 6.81. The Hall–Kier alpha value is -1.59. The summed E-state index contributed by atoms with van der Waals surface area (Å²) < 4.78 is 0. The second-order valence-corrected chi connectivity index (χ2v) is 6.05. The number of hydrogen-bond donors (Lipinski definition) is 3. The Balaban J connectivity index is 1.80. The fourth-order valence-corrected chi connectivity index (χ4v) is 3.21. The van der Waals surface area contributed by atoms with E-state index in [-0.39, 0.29) is 12.5 Å². The molecule has 1 aromatic rings. The first kappa shape index (κ1) is 17.8. The Morgan fingerprint density at radius 3 is 2.78 bits per heavy atom. The predicted octanol–water partition coefficient (Wildman–Crippen LogP) is 1.41. The molecular formula is C18H30N4O. The van der Waals surface area contributed by atoms with E-state index in [9.17, 15) is 5.11 Å². The molecule has 1 fully saturated rings. The molecule has 2 rings (SSSR count). The van der Waals surface area contributed by atoms with Gasteiger partial charge in [-0.15, -0.1) is 0 Å². The highest BCUT2D eigenvalue weighted by Gasteiger charge is 2.22. The predicted molar refractivity (Wildman–Crippen MR) is 95.9 cm³/mol. The Labute approximate surface area is 139 Å². The molecule has 128 valence electrons. The van der Waals surface area contributed by atoms with Crippen LogP contribution in [0.25, 0.3) is 0 Å². The molecule has 2 atom stereocenters. The lowest BCUT2D eigenvalue weighted by molar-refractivity contribution is 0.262. The van der Waals surface area contributed by atoms with Crippen LogP contribution in [0.4, 0.5) is 0 Å². The van der Waals surface area contributed by atoms with E-state index in [1.165, 1.54) is 19.4 Å². The molecule has 1 saturated heterocycles. The third-order valence-corrected chi connectivity index (χ3v) is 4.64. The van der Waals surface area contributed by atoms with E-state index in [0.29, 0.717) is 12.6 Å². The average Bonchev–Trinajstić information content (AvgIpc) is 3.06. The molecule has 23 heavy (non-hydrogen) atoms. The van der Waals surface area contributed by atoms with Crippen molar-refractivity contribution >= 4 is 5.96 Å². The molecule has 1 heterocycles. The summed E-state index contributed by atoms with van der Waals surface area (Å²) in [6.45, 7) is 6.25. The molecule has 2 unspecified atom stereocenters. The molecule has 0 bridgehead atoms. The minimum atomic E-state index is 0.0772. The van der Waals surface area contributed by atoms with Crippen molar-refractivity contribution in [3.8, 4) is 0 Å². The maximum absolute atomic E-state index is 9.63. The van der Waals surface area contributed by atoms with Crippen molar-refractivity contribution in [2.24, 2.45) is 4.99 Å². The molecule has 3 N–H and O–H groups in total. The van der Waals surface area contributed by atoms with E-state index >= 15 is 0 Å². The highest BCUT2D eigenvalue weighted by Crippen LogP contribution is 2.16. The van der Waals surface area contributed by atoms with Crippen molar-refractivity contribution < 1.29 is 5.11 Å². The van der Waals surface area contributed by atoms with Gasteiger partial charge in [-0.2, -0.15) is 0 Å². The summed E-state index contributed by atoms with van der Waals surface area (Å²) in [6, 6.07) is 10.7. The van der Waals surface area contributed by atoms with Gasteiger partial charge in [-0.3, -0.25) is 9.89 Å². The van der Waals surface area contributed by atoms with E-state index in [0.717, 1.165) is 24.6 Å². The van der Waals surface area contributed by atoms with Crippen LogP contribution in [0.5, 0.6) is 0 Å². The van der Waals surface area contributed by atoms with Crippen LogP contribution in [0, 0.1) is 0 Å². The van der Waals surface area contributed by atoms with E-state index in [1.807, 2.05) is 18.2 Å². The molecule has 1 aliphatic heterocycles. The molecule has 0 saturated carbocycles. The van der Waals surface area contributed by atoms with Crippen molar-refractivity contribution in [1.82, 2.24) is 15.5 Å². The number of aliphatic imine (C=N–C) groups is 1. The first-order valence-electron chi connectivity index (χ1n) is 8.62. The van der Waals surface area contributed by atoms with E-state index in [4.69, 9.17) is 0 Å². The summed E-state index contributed by atoms with van der Waals surface area (Å²) in [6.07, 6.45) is 2.54. The number of nitrogens with zero attached hydrogens (tertiary/aromatic N) is 2. The van der Waals surface area contributed by atoms with Gasteiger partial charge < -0.3 is 15.7 Å². The van der Waals surface area contributed by atoms with Crippen molar-refractivity contribution in [3.63, 3.8) is 0 Å². The Bertz CT molecular complexity index is 477. The first-order valence-corrected chi connectivity index (χ1v) is 8.62. The molecule has 0 spiro atoms. The van der Waals surface area contributed by atoms with Crippen LogP contribution in [0.2, 0.25) is 0 Å². The molecule has 1 aliphatic rings. The smallest absolute Gasteiger partial charge is 0.191 e. The molecule has 0 radical (unpaired) electrons. The van der Waals surface area contributed by atoms with Crippen LogP contribution in [-0.4, -0.2) is 61.8 Å². The van der Waals surface area contributed by atoms with Crippen LogP contribution >= 0.6 is 0 Å². The largest absolute Gasteiger partial charge is 0.396 e. The van der Waals surface area contributed by atoms with E-state index in [1.54, 1.807) is 7.05 Å². The fraction of sp³-hybridized carbons (Fsp3) is 0.611. The molecule has 1 aromatic carbocycles. The number of rotatable bonds is 7. The summed E-state index contributed by atoms with van der Waals surface area (Å²) >= 11 is 0. The zero-order chi connectivity index (χ0) is 16.5. The van der Waals surface area contributed by atoms with Crippen LogP contribution in [0.1, 0.15) is 31.2 Å². The van der Waals surface area contributed by atoms with Gasteiger partial charge in [0, 0.05) is 32.1 Å². The van der Waals surface area contributed by atoms with Crippen molar-refractivity contribution in [3.05, 3.63) is 35.9 Å². The Morgan fingerprint density at radius 2 is 2.13 bits per heavy atom. The molecule has 0 amide bonds. The van der Waals surface area contributed by atoms with Gasteiger partial charge in [0.1, 0.15) is 0 Å². The second kappa shape index (κ2) is 9.53. The van der Waals surface area contributed by atoms with E-state index in [2.05, 4.69) is 39.6 Å². The van der Waals surface area contributed by atoms with Gasteiger partial charge in [-0.05, 0) is 31.5 Å². The van der Waals surface area contributed by atoms with Crippen LogP contribution in [0.3, 0.4) is 0 Å². The SMILES string of the molecule is CCN1CCCC1CNC(=NC)NCC(CO)c1ccccc1. The van der Waals surface area contributed by atoms with Crippen LogP contribution < -0.4 is 10.6 Å². The minimum Gasteiger partial charge on any atom is -0.396 e. The number of likely N-dealkylation sites (N-methyl/N-ethyl adjacent to an activating group) is 1. The van der Waals surface area contributed by atoms with Gasteiger partial charge in [0.05, 0.1) is 6.61 Å². The molecule has 0 aliphatic carbocycles. The monoisotopic (exact) mass is 318 g/mol. The Morgan fingerprint density at radius 1 is 1.35 bits per heavy atom. The molecule has 5 nitrogen and oxygen atoms in total. The highest BCUT2D eigenvalue weighted by molar-refractivity contribution is 5.79. The topological polar surface area (TPSA) is 59.9 Å². The minimum absolute atomic E-state index is 0.0772. The highest BCUT2D eigenvalue weighted by atomic mass is 16.3. The quantitative estimate of drug-likeness (QED) is 0.525. The lowest BCUT2D eigenvalue weighted by atomic mass is 10.0. The zero-order valence-corrected chi connectivity index (χ0v) is 14.3. The normalized spacial score (nSPS) is 20.5. The maximum Gasteiger partial charge on any atom is 0.191 e. The third-order valence-electron chi connectivity index (χ3n) is 4.64. The molecule has 5 heteroatoms. The summed E-state index contributed by atoms with van der Waals surface area (Å²) in [7, 11) is 1.79. The van der Waals surface area contributed by atoms with Gasteiger partial charge in [0.25, 0.3) is 0 Å². The average molecular weight is 318 g/mol. The Kier molecular flexibility index (Phi) is 7.36. The van der Waals surface area contributed by atoms with Gasteiger partial charge in [0.15, 0.2) is 5.96 Å². The third kappa shape index (κ3) is 5.22. The van der Waals surface area contributed by atoms with Gasteiger partial charge in [-0.25, -0.2) is 0 Å². The standard InChI is InChI=1S/C18H30N4O/c1-3-22-11-7-10-17(22)13-21-18(19-2)20-12-16(14-23)15-8-5-4-6-9-15/h4-6,8-9,16-17,23H,3,7,10-14H2,1-2H3,(H2,19,20,21). The fourth-order valence-electron chi connectivity index (χ4n) is 3.21. The van der Waals surface area contributed by atoms with Crippen molar-refractivity contribution in [1.29, 1.82) is 0 Å². The van der Waals surface area contributed by atoms with Gasteiger partial charge >= 0.3 is 0 Å². The zero-order valence-electron chi connectivity index (χ0n) is 14.3. The summed E-state index contributed by atoms with van der Waals surface area (Å²) in [5.74, 6) is 0.885. The van der Waals surface area contributed by atoms with Crippen molar-refractivity contribution in [2.45, 2.75) is 31.7 Å². The second-order valence-electron chi connectivity index (χ2n) is 6.05. The maximum atomic E-state index is 9.63. The number of aliphatic hydroxyl groups excluding tert-OH is 1. The lowest BCUT2D eigenvalue weighted by Crippen LogP contribution is -2.45. The van der Waals surface area contributed by atoms with Crippen LogP contribution in [-0.2, 0) is 0 Å². The van der Waals surface area contributed by atoms with Gasteiger partial charge in [-0.1, -0.05) is 37.3 Å². The number of guanidine groups is 1.